The summed E-state index contributed by atoms with van der Waals surface area (Å²) in [5, 5.41) is 4.25. The van der Waals surface area contributed by atoms with Gasteiger partial charge in [0.15, 0.2) is 0 Å². The third-order valence-electron chi connectivity index (χ3n) is 3.30. The first kappa shape index (κ1) is 16.3. The summed E-state index contributed by atoms with van der Waals surface area (Å²) in [6, 6.07) is 14.3. The van der Waals surface area contributed by atoms with Gasteiger partial charge in [-0.1, -0.05) is 45.7 Å². The van der Waals surface area contributed by atoms with Gasteiger partial charge >= 0.3 is 0 Å². The summed E-state index contributed by atoms with van der Waals surface area (Å²) in [5.41, 5.74) is 2.43. The minimum absolute atomic E-state index is 0.267. The normalized spacial score (nSPS) is 12.2. The minimum Gasteiger partial charge on any atom is -0.494 e. The standard InChI is InChI=1S/C17H19BrClNO/c1-3-21-16-8-5-13(6-9-16)12(2)20-11-14-4-7-15(19)10-17(14)18/h4-10,12,20H,3,11H2,1-2H3. The zero-order valence-electron chi connectivity index (χ0n) is 12.2. The topological polar surface area (TPSA) is 21.3 Å². The molecule has 1 atom stereocenters. The van der Waals surface area contributed by atoms with Gasteiger partial charge in [0.2, 0.25) is 0 Å². The Labute approximate surface area is 139 Å². The van der Waals surface area contributed by atoms with Gasteiger partial charge in [0.25, 0.3) is 0 Å². The Morgan fingerprint density at radius 3 is 2.52 bits per heavy atom. The summed E-state index contributed by atoms with van der Waals surface area (Å²) in [5.74, 6) is 0.911. The monoisotopic (exact) mass is 367 g/mol. The molecular formula is C17H19BrClNO. The summed E-state index contributed by atoms with van der Waals surface area (Å²) in [6.07, 6.45) is 0. The summed E-state index contributed by atoms with van der Waals surface area (Å²) < 4.78 is 6.49. The lowest BCUT2D eigenvalue weighted by Gasteiger charge is -2.15. The van der Waals surface area contributed by atoms with E-state index in [1.165, 1.54) is 11.1 Å². The molecule has 0 saturated heterocycles. The van der Waals surface area contributed by atoms with Crippen molar-refractivity contribution in [2.24, 2.45) is 0 Å². The number of ether oxygens (including phenoxy) is 1. The van der Waals surface area contributed by atoms with E-state index in [9.17, 15) is 0 Å². The van der Waals surface area contributed by atoms with Gasteiger partial charge in [-0.2, -0.15) is 0 Å². The Bertz CT molecular complexity index is 586. The predicted molar refractivity (Wildman–Crippen MR) is 92.0 cm³/mol. The number of hydrogen-bond acceptors (Lipinski definition) is 2. The van der Waals surface area contributed by atoms with Crippen LogP contribution in [0.4, 0.5) is 0 Å². The van der Waals surface area contributed by atoms with Crippen LogP contribution in [0.3, 0.4) is 0 Å². The predicted octanol–water partition coefficient (Wildman–Crippen LogP) is 5.35. The van der Waals surface area contributed by atoms with Crippen LogP contribution >= 0.6 is 27.5 Å². The van der Waals surface area contributed by atoms with Gasteiger partial charge in [0.05, 0.1) is 6.61 Å². The average Bonchev–Trinajstić information content (AvgIpc) is 2.47. The van der Waals surface area contributed by atoms with Gasteiger partial charge in [-0.25, -0.2) is 0 Å². The molecule has 0 bridgehead atoms. The van der Waals surface area contributed by atoms with Crippen molar-refractivity contribution in [3.8, 4) is 5.75 Å². The van der Waals surface area contributed by atoms with Crippen LogP contribution in [0.1, 0.15) is 31.0 Å². The molecule has 2 aromatic carbocycles. The number of hydrogen-bond donors (Lipinski definition) is 1. The van der Waals surface area contributed by atoms with E-state index in [2.05, 4.69) is 40.3 Å². The Balaban J connectivity index is 1.96. The number of rotatable bonds is 6. The second kappa shape index (κ2) is 7.83. The largest absolute Gasteiger partial charge is 0.494 e. The third-order valence-corrected chi connectivity index (χ3v) is 4.28. The Morgan fingerprint density at radius 1 is 1.19 bits per heavy atom. The van der Waals surface area contributed by atoms with E-state index in [1.54, 1.807) is 0 Å². The molecule has 4 heteroatoms. The first-order valence-corrected chi connectivity index (χ1v) is 8.17. The van der Waals surface area contributed by atoms with E-state index in [1.807, 2.05) is 37.3 Å². The first-order chi connectivity index (χ1) is 10.1. The lowest BCUT2D eigenvalue weighted by Crippen LogP contribution is -2.18. The fourth-order valence-corrected chi connectivity index (χ4v) is 2.89. The first-order valence-electron chi connectivity index (χ1n) is 7.00. The Hall–Kier alpha value is -1.03. The maximum absolute atomic E-state index is 5.95. The average molecular weight is 369 g/mol. The molecular weight excluding hydrogens is 350 g/mol. The van der Waals surface area contributed by atoms with Crippen molar-refractivity contribution in [2.75, 3.05) is 6.61 Å². The molecule has 0 aliphatic carbocycles. The minimum atomic E-state index is 0.267. The molecule has 0 aliphatic rings. The van der Waals surface area contributed by atoms with Gasteiger partial charge < -0.3 is 10.1 Å². The fourth-order valence-electron chi connectivity index (χ4n) is 2.07. The van der Waals surface area contributed by atoms with Crippen molar-refractivity contribution < 1.29 is 4.74 Å². The van der Waals surface area contributed by atoms with Gasteiger partial charge in [0.1, 0.15) is 5.75 Å². The highest BCUT2D eigenvalue weighted by Crippen LogP contribution is 2.23. The molecule has 21 heavy (non-hydrogen) atoms. The highest BCUT2D eigenvalue weighted by molar-refractivity contribution is 9.10. The van der Waals surface area contributed by atoms with E-state index in [0.717, 1.165) is 21.8 Å². The van der Waals surface area contributed by atoms with Crippen LogP contribution in [0.15, 0.2) is 46.9 Å². The second-order valence-electron chi connectivity index (χ2n) is 4.84. The third kappa shape index (κ3) is 4.73. The highest BCUT2D eigenvalue weighted by Gasteiger charge is 2.07. The van der Waals surface area contributed by atoms with Crippen LogP contribution < -0.4 is 10.1 Å². The zero-order valence-corrected chi connectivity index (χ0v) is 14.5. The SMILES string of the molecule is CCOc1ccc(C(C)NCc2ccc(Cl)cc2Br)cc1. The molecule has 0 spiro atoms. The molecule has 2 aromatic rings. The van der Waals surface area contributed by atoms with Crippen LogP contribution in [0.25, 0.3) is 0 Å². The summed E-state index contributed by atoms with van der Waals surface area (Å²) in [6.45, 7) is 5.62. The number of halogens is 2. The van der Waals surface area contributed by atoms with Crippen molar-refractivity contribution in [1.82, 2.24) is 5.32 Å². The molecule has 0 aliphatic heterocycles. The molecule has 1 N–H and O–H groups in total. The number of benzene rings is 2. The molecule has 112 valence electrons. The fraction of sp³-hybridized carbons (Fsp3) is 0.294. The lowest BCUT2D eigenvalue weighted by molar-refractivity contribution is 0.340. The molecule has 1 unspecified atom stereocenters. The van der Waals surface area contributed by atoms with E-state index in [4.69, 9.17) is 16.3 Å². The molecule has 0 amide bonds. The highest BCUT2D eigenvalue weighted by atomic mass is 79.9. The van der Waals surface area contributed by atoms with Crippen molar-refractivity contribution in [3.63, 3.8) is 0 Å². The molecule has 0 aromatic heterocycles. The van der Waals surface area contributed by atoms with Gasteiger partial charge in [-0.3, -0.25) is 0 Å². The maximum atomic E-state index is 5.95. The second-order valence-corrected chi connectivity index (χ2v) is 6.13. The van der Waals surface area contributed by atoms with Gasteiger partial charge in [-0.05, 0) is 49.2 Å². The summed E-state index contributed by atoms with van der Waals surface area (Å²) >= 11 is 9.49. The Kier molecular flexibility index (Phi) is 6.09. The van der Waals surface area contributed by atoms with Crippen LogP contribution in [-0.2, 0) is 6.54 Å². The van der Waals surface area contributed by atoms with Gasteiger partial charge in [-0.15, -0.1) is 0 Å². The van der Waals surface area contributed by atoms with E-state index < -0.39 is 0 Å². The molecule has 2 rings (SSSR count). The van der Waals surface area contributed by atoms with Crippen LogP contribution in [-0.4, -0.2) is 6.61 Å². The Morgan fingerprint density at radius 2 is 1.90 bits per heavy atom. The van der Waals surface area contributed by atoms with E-state index >= 15 is 0 Å². The maximum Gasteiger partial charge on any atom is 0.119 e. The van der Waals surface area contributed by atoms with Crippen molar-refractivity contribution in [1.29, 1.82) is 0 Å². The summed E-state index contributed by atoms with van der Waals surface area (Å²) in [4.78, 5) is 0. The van der Waals surface area contributed by atoms with Crippen LogP contribution in [0.5, 0.6) is 5.75 Å². The molecule has 0 heterocycles. The molecule has 0 fully saturated rings. The van der Waals surface area contributed by atoms with Crippen molar-refractivity contribution in [3.05, 3.63) is 63.1 Å². The van der Waals surface area contributed by atoms with E-state index in [-0.39, 0.29) is 6.04 Å². The van der Waals surface area contributed by atoms with Crippen molar-refractivity contribution in [2.45, 2.75) is 26.4 Å². The summed E-state index contributed by atoms with van der Waals surface area (Å²) in [7, 11) is 0. The number of nitrogens with one attached hydrogen (secondary N) is 1. The van der Waals surface area contributed by atoms with Crippen molar-refractivity contribution >= 4 is 27.5 Å². The smallest absolute Gasteiger partial charge is 0.119 e. The molecule has 0 radical (unpaired) electrons. The van der Waals surface area contributed by atoms with E-state index in [0.29, 0.717) is 6.61 Å². The van der Waals surface area contributed by atoms with Crippen LogP contribution in [0, 0.1) is 0 Å². The zero-order chi connectivity index (χ0) is 15.2. The molecule has 2 nitrogen and oxygen atoms in total. The molecule has 0 saturated carbocycles. The van der Waals surface area contributed by atoms with Crippen LogP contribution in [0.2, 0.25) is 5.02 Å². The quantitative estimate of drug-likeness (QED) is 0.742. The van der Waals surface area contributed by atoms with Gasteiger partial charge in [0, 0.05) is 22.1 Å². The lowest BCUT2D eigenvalue weighted by atomic mass is 10.1.